The van der Waals surface area contributed by atoms with Gasteiger partial charge in [-0.2, -0.15) is 0 Å². The molecule has 1 aromatic heterocycles. The number of halogens is 1. The SMILES string of the molecule is Nc1ccc2nc(SCc3ccc(F)cc3)sc2c1. The van der Waals surface area contributed by atoms with E-state index in [-0.39, 0.29) is 5.82 Å². The Morgan fingerprint density at radius 2 is 1.95 bits per heavy atom. The molecule has 0 spiro atoms. The molecule has 2 N–H and O–H groups in total. The molecule has 0 aliphatic rings. The van der Waals surface area contributed by atoms with E-state index in [2.05, 4.69) is 4.98 Å². The highest BCUT2D eigenvalue weighted by Gasteiger charge is 2.05. The van der Waals surface area contributed by atoms with E-state index in [1.807, 2.05) is 18.2 Å². The highest BCUT2D eigenvalue weighted by atomic mass is 32.2. The second-order valence-corrected chi connectivity index (χ2v) is 6.38. The van der Waals surface area contributed by atoms with Crippen LogP contribution >= 0.6 is 23.1 Å². The fraction of sp³-hybridized carbons (Fsp3) is 0.0714. The first-order chi connectivity index (χ1) is 9.20. The Balaban J connectivity index is 1.76. The van der Waals surface area contributed by atoms with Crippen molar-refractivity contribution in [1.82, 2.24) is 4.98 Å². The number of thioether (sulfide) groups is 1. The van der Waals surface area contributed by atoms with Gasteiger partial charge in [0.25, 0.3) is 0 Å². The smallest absolute Gasteiger partial charge is 0.151 e. The van der Waals surface area contributed by atoms with Crippen molar-refractivity contribution in [1.29, 1.82) is 0 Å². The van der Waals surface area contributed by atoms with Gasteiger partial charge in [-0.25, -0.2) is 9.37 Å². The number of aromatic nitrogens is 1. The monoisotopic (exact) mass is 290 g/mol. The van der Waals surface area contributed by atoms with Gasteiger partial charge in [0.05, 0.1) is 10.2 Å². The van der Waals surface area contributed by atoms with Crippen LogP contribution in [-0.2, 0) is 5.75 Å². The van der Waals surface area contributed by atoms with E-state index in [1.165, 1.54) is 12.1 Å². The molecule has 0 amide bonds. The van der Waals surface area contributed by atoms with Gasteiger partial charge < -0.3 is 5.73 Å². The Labute approximate surface area is 118 Å². The van der Waals surface area contributed by atoms with Crippen LogP contribution in [0.25, 0.3) is 10.2 Å². The van der Waals surface area contributed by atoms with Gasteiger partial charge in [-0.05, 0) is 35.9 Å². The number of nitrogens with zero attached hydrogens (tertiary/aromatic N) is 1. The molecule has 0 bridgehead atoms. The van der Waals surface area contributed by atoms with Gasteiger partial charge in [0.1, 0.15) is 5.82 Å². The summed E-state index contributed by atoms with van der Waals surface area (Å²) in [5.74, 6) is 0.583. The minimum absolute atomic E-state index is 0.204. The number of fused-ring (bicyclic) bond motifs is 1. The number of nitrogens with two attached hydrogens (primary N) is 1. The summed E-state index contributed by atoms with van der Waals surface area (Å²) < 4.78 is 14.9. The molecule has 0 radical (unpaired) electrons. The average molecular weight is 290 g/mol. The molecule has 5 heteroatoms. The van der Waals surface area contributed by atoms with Crippen LogP contribution in [0.1, 0.15) is 5.56 Å². The third-order valence-electron chi connectivity index (χ3n) is 2.67. The Bertz CT molecular complexity index is 707. The fourth-order valence-electron chi connectivity index (χ4n) is 1.71. The predicted octanol–water partition coefficient (Wildman–Crippen LogP) is 4.31. The molecule has 0 unspecified atom stereocenters. The Morgan fingerprint density at radius 3 is 2.74 bits per heavy atom. The fourth-order valence-corrected chi connectivity index (χ4v) is 3.78. The van der Waals surface area contributed by atoms with Gasteiger partial charge >= 0.3 is 0 Å². The van der Waals surface area contributed by atoms with Crippen LogP contribution in [0.2, 0.25) is 0 Å². The quantitative estimate of drug-likeness (QED) is 0.577. The largest absolute Gasteiger partial charge is 0.399 e. The van der Waals surface area contributed by atoms with Crippen molar-refractivity contribution >= 4 is 39.0 Å². The summed E-state index contributed by atoms with van der Waals surface area (Å²) in [6, 6.07) is 12.3. The summed E-state index contributed by atoms with van der Waals surface area (Å²) >= 11 is 3.29. The molecular weight excluding hydrogens is 279 g/mol. The molecule has 2 nitrogen and oxygen atoms in total. The summed E-state index contributed by atoms with van der Waals surface area (Å²) in [5.41, 5.74) is 8.57. The molecule has 0 aliphatic carbocycles. The maximum absolute atomic E-state index is 12.8. The minimum atomic E-state index is -0.204. The van der Waals surface area contributed by atoms with Gasteiger partial charge in [-0.3, -0.25) is 0 Å². The van der Waals surface area contributed by atoms with Gasteiger partial charge in [0.15, 0.2) is 4.34 Å². The highest BCUT2D eigenvalue weighted by Crippen LogP contribution is 2.32. The lowest BCUT2D eigenvalue weighted by molar-refractivity contribution is 0.627. The lowest BCUT2D eigenvalue weighted by Gasteiger charge is -1.98. The van der Waals surface area contributed by atoms with E-state index in [0.29, 0.717) is 0 Å². The lowest BCUT2D eigenvalue weighted by Crippen LogP contribution is -1.81. The molecule has 0 fully saturated rings. The van der Waals surface area contributed by atoms with Gasteiger partial charge in [0, 0.05) is 11.4 Å². The van der Waals surface area contributed by atoms with Crippen molar-refractivity contribution in [3.05, 3.63) is 53.8 Å². The Kier molecular flexibility index (Phi) is 3.40. The standard InChI is InChI=1S/C14H11FN2S2/c15-10-3-1-9(2-4-10)8-18-14-17-12-6-5-11(16)7-13(12)19-14/h1-7H,8,16H2. The van der Waals surface area contributed by atoms with Gasteiger partial charge in [-0.1, -0.05) is 23.9 Å². The van der Waals surface area contributed by atoms with E-state index in [1.54, 1.807) is 35.2 Å². The summed E-state index contributed by atoms with van der Waals surface area (Å²) in [7, 11) is 0. The third kappa shape index (κ3) is 2.88. The molecule has 0 saturated carbocycles. The number of thiazole rings is 1. The number of rotatable bonds is 3. The van der Waals surface area contributed by atoms with Crippen molar-refractivity contribution in [3.8, 4) is 0 Å². The molecule has 0 saturated heterocycles. The molecule has 0 aliphatic heterocycles. The summed E-state index contributed by atoms with van der Waals surface area (Å²) in [4.78, 5) is 4.54. The first-order valence-electron chi connectivity index (χ1n) is 5.74. The van der Waals surface area contributed by atoms with Crippen LogP contribution in [0.5, 0.6) is 0 Å². The van der Waals surface area contributed by atoms with Crippen molar-refractivity contribution in [2.75, 3.05) is 5.73 Å². The van der Waals surface area contributed by atoms with E-state index < -0.39 is 0 Å². The van der Waals surface area contributed by atoms with E-state index >= 15 is 0 Å². The van der Waals surface area contributed by atoms with Crippen LogP contribution < -0.4 is 5.73 Å². The summed E-state index contributed by atoms with van der Waals surface area (Å²) in [6.45, 7) is 0. The maximum Gasteiger partial charge on any atom is 0.151 e. The van der Waals surface area contributed by atoms with Crippen LogP contribution in [0, 0.1) is 5.82 Å². The van der Waals surface area contributed by atoms with Crippen molar-refractivity contribution in [3.63, 3.8) is 0 Å². The van der Waals surface area contributed by atoms with Crippen molar-refractivity contribution in [2.45, 2.75) is 10.1 Å². The number of hydrogen-bond acceptors (Lipinski definition) is 4. The first-order valence-corrected chi connectivity index (χ1v) is 7.54. The molecule has 19 heavy (non-hydrogen) atoms. The van der Waals surface area contributed by atoms with Crippen LogP contribution in [0.4, 0.5) is 10.1 Å². The predicted molar refractivity (Wildman–Crippen MR) is 80.0 cm³/mol. The topological polar surface area (TPSA) is 38.9 Å². The summed E-state index contributed by atoms with van der Waals surface area (Å²) in [6.07, 6.45) is 0. The Morgan fingerprint density at radius 1 is 1.16 bits per heavy atom. The van der Waals surface area contributed by atoms with Crippen LogP contribution in [0.15, 0.2) is 46.8 Å². The number of hydrogen-bond donors (Lipinski definition) is 1. The molecule has 3 rings (SSSR count). The van der Waals surface area contributed by atoms with Crippen LogP contribution in [0.3, 0.4) is 0 Å². The molecule has 0 atom stereocenters. The maximum atomic E-state index is 12.8. The van der Waals surface area contributed by atoms with Crippen molar-refractivity contribution in [2.24, 2.45) is 0 Å². The van der Waals surface area contributed by atoms with E-state index in [9.17, 15) is 4.39 Å². The first kappa shape index (κ1) is 12.4. The molecule has 2 aromatic carbocycles. The number of anilines is 1. The average Bonchev–Trinajstić information content (AvgIpc) is 2.80. The summed E-state index contributed by atoms with van der Waals surface area (Å²) in [5, 5.41) is 0. The molecule has 96 valence electrons. The zero-order valence-electron chi connectivity index (χ0n) is 9.97. The van der Waals surface area contributed by atoms with E-state index in [0.717, 1.165) is 31.6 Å². The van der Waals surface area contributed by atoms with Gasteiger partial charge in [0.2, 0.25) is 0 Å². The second-order valence-electron chi connectivity index (χ2n) is 4.12. The number of benzene rings is 2. The molecule has 1 heterocycles. The number of nitrogen functional groups attached to an aromatic ring is 1. The van der Waals surface area contributed by atoms with Crippen LogP contribution in [-0.4, -0.2) is 4.98 Å². The zero-order valence-corrected chi connectivity index (χ0v) is 11.6. The second kappa shape index (κ2) is 5.19. The zero-order chi connectivity index (χ0) is 13.2. The lowest BCUT2D eigenvalue weighted by atomic mass is 10.2. The molecular formula is C14H11FN2S2. The van der Waals surface area contributed by atoms with Crippen molar-refractivity contribution < 1.29 is 4.39 Å². The minimum Gasteiger partial charge on any atom is -0.399 e. The molecule has 3 aromatic rings. The van der Waals surface area contributed by atoms with E-state index in [4.69, 9.17) is 5.73 Å². The highest BCUT2D eigenvalue weighted by molar-refractivity contribution is 8.00. The normalized spacial score (nSPS) is 11.0. The third-order valence-corrected chi connectivity index (χ3v) is 4.90. The Hall–Kier alpha value is -1.59. The van der Waals surface area contributed by atoms with Gasteiger partial charge in [-0.15, -0.1) is 11.3 Å².